The van der Waals surface area contributed by atoms with Gasteiger partial charge in [-0.05, 0) is 57.3 Å². The topological polar surface area (TPSA) is 9.23 Å². The Morgan fingerprint density at radius 3 is 1.95 bits per heavy atom. The van der Waals surface area contributed by atoms with E-state index in [4.69, 9.17) is 4.74 Å². The molecule has 0 unspecified atom stereocenters. The molecule has 0 aliphatic heterocycles. The van der Waals surface area contributed by atoms with Gasteiger partial charge >= 0.3 is 0 Å². The van der Waals surface area contributed by atoms with Crippen LogP contribution in [0.2, 0.25) is 0 Å². The Bertz CT molecular complexity index is 250. The number of hydrogen-bond donors (Lipinski definition) is 0. The van der Waals surface area contributed by atoms with Crippen molar-refractivity contribution in [3.63, 3.8) is 0 Å². The van der Waals surface area contributed by atoms with E-state index in [1.54, 1.807) is 0 Å². The van der Waals surface area contributed by atoms with E-state index in [0.29, 0.717) is 10.8 Å². The van der Waals surface area contributed by atoms with Crippen LogP contribution in [0, 0.1) is 10.8 Å². The first kappa shape index (κ1) is 17.0. The summed E-state index contributed by atoms with van der Waals surface area (Å²) in [5, 5.41) is 0. The first-order valence-electron chi connectivity index (χ1n) is 8.26. The molecule has 0 N–H and O–H groups in total. The SMILES string of the molecule is CC(C)(C)CCCCCC1(COC(C)(C)C)CCC1. The van der Waals surface area contributed by atoms with Crippen molar-refractivity contribution in [2.75, 3.05) is 6.61 Å². The van der Waals surface area contributed by atoms with Crippen molar-refractivity contribution in [1.82, 2.24) is 0 Å². The molecule has 1 aliphatic carbocycles. The zero-order valence-corrected chi connectivity index (χ0v) is 14.3. The average Bonchev–Trinajstić information content (AvgIpc) is 2.16. The molecule has 0 aromatic rings. The van der Waals surface area contributed by atoms with Crippen molar-refractivity contribution in [3.05, 3.63) is 0 Å². The van der Waals surface area contributed by atoms with Gasteiger partial charge in [-0.1, -0.05) is 46.5 Å². The second kappa shape index (κ2) is 6.61. The van der Waals surface area contributed by atoms with Crippen molar-refractivity contribution >= 4 is 0 Å². The summed E-state index contributed by atoms with van der Waals surface area (Å²) in [4.78, 5) is 0. The molecule has 114 valence electrons. The molecule has 0 aromatic carbocycles. The standard InChI is InChI=1S/C18H36O/c1-16(2,3)11-8-7-9-12-18(13-10-14-18)15-19-17(4,5)6/h7-15H2,1-6H3. The molecule has 0 saturated heterocycles. The van der Waals surface area contributed by atoms with Crippen LogP contribution in [0.4, 0.5) is 0 Å². The van der Waals surface area contributed by atoms with E-state index in [-0.39, 0.29) is 5.60 Å². The molecule has 1 aliphatic rings. The van der Waals surface area contributed by atoms with Gasteiger partial charge in [0, 0.05) is 0 Å². The maximum atomic E-state index is 6.05. The van der Waals surface area contributed by atoms with Gasteiger partial charge < -0.3 is 4.74 Å². The third kappa shape index (κ3) is 7.34. The van der Waals surface area contributed by atoms with Crippen molar-refractivity contribution in [1.29, 1.82) is 0 Å². The molecule has 19 heavy (non-hydrogen) atoms. The molecular weight excluding hydrogens is 232 g/mol. The Kier molecular flexibility index (Phi) is 5.92. The van der Waals surface area contributed by atoms with E-state index < -0.39 is 0 Å². The first-order chi connectivity index (χ1) is 8.62. The second-order valence-corrected chi connectivity index (χ2v) is 8.88. The predicted molar refractivity (Wildman–Crippen MR) is 84.5 cm³/mol. The average molecular weight is 268 g/mol. The molecular formula is C18H36O. The lowest BCUT2D eigenvalue weighted by Gasteiger charge is -2.43. The van der Waals surface area contributed by atoms with Crippen molar-refractivity contribution < 1.29 is 4.74 Å². The molecule has 0 aromatic heterocycles. The summed E-state index contributed by atoms with van der Waals surface area (Å²) in [6.45, 7) is 14.5. The normalized spacial score (nSPS) is 19.3. The Hall–Kier alpha value is -0.0400. The van der Waals surface area contributed by atoms with Crippen LogP contribution in [0.1, 0.15) is 92.9 Å². The summed E-state index contributed by atoms with van der Waals surface area (Å²) < 4.78 is 6.05. The van der Waals surface area contributed by atoms with Crippen molar-refractivity contribution in [3.8, 4) is 0 Å². The fraction of sp³-hybridized carbons (Fsp3) is 1.00. The summed E-state index contributed by atoms with van der Waals surface area (Å²) >= 11 is 0. The molecule has 1 rings (SSSR count). The quantitative estimate of drug-likeness (QED) is 0.517. The van der Waals surface area contributed by atoms with Gasteiger partial charge in [0.2, 0.25) is 0 Å². The highest BCUT2D eigenvalue weighted by Crippen LogP contribution is 2.46. The summed E-state index contributed by atoms with van der Waals surface area (Å²) in [5.41, 5.74) is 1.06. The van der Waals surface area contributed by atoms with Crippen LogP contribution in [0.25, 0.3) is 0 Å². The lowest BCUT2D eigenvalue weighted by molar-refractivity contribution is -0.0823. The highest BCUT2D eigenvalue weighted by molar-refractivity contribution is 4.88. The smallest absolute Gasteiger partial charge is 0.0598 e. The number of hydrogen-bond acceptors (Lipinski definition) is 1. The highest BCUT2D eigenvalue weighted by atomic mass is 16.5. The van der Waals surface area contributed by atoms with E-state index in [1.165, 1.54) is 51.4 Å². The van der Waals surface area contributed by atoms with Gasteiger partial charge in [-0.2, -0.15) is 0 Å². The summed E-state index contributed by atoms with van der Waals surface area (Å²) in [6.07, 6.45) is 11.1. The second-order valence-electron chi connectivity index (χ2n) is 8.88. The number of ether oxygens (including phenoxy) is 1. The van der Waals surface area contributed by atoms with E-state index in [1.807, 2.05) is 0 Å². The molecule has 0 atom stereocenters. The zero-order chi connectivity index (χ0) is 14.6. The Morgan fingerprint density at radius 1 is 0.895 bits per heavy atom. The van der Waals surface area contributed by atoms with Crippen molar-refractivity contribution in [2.45, 2.75) is 98.5 Å². The molecule has 0 amide bonds. The van der Waals surface area contributed by atoms with Crippen LogP contribution < -0.4 is 0 Å². The van der Waals surface area contributed by atoms with E-state index >= 15 is 0 Å². The minimum Gasteiger partial charge on any atom is -0.375 e. The number of unbranched alkanes of at least 4 members (excludes halogenated alkanes) is 2. The maximum Gasteiger partial charge on any atom is 0.0598 e. The molecule has 1 saturated carbocycles. The molecule has 1 heteroatoms. The minimum atomic E-state index is 0.0226. The third-order valence-electron chi connectivity index (χ3n) is 4.36. The molecule has 1 fully saturated rings. The summed E-state index contributed by atoms with van der Waals surface area (Å²) in [7, 11) is 0. The van der Waals surface area contributed by atoms with Gasteiger partial charge in [-0.15, -0.1) is 0 Å². The van der Waals surface area contributed by atoms with Crippen LogP contribution in [-0.4, -0.2) is 12.2 Å². The van der Waals surface area contributed by atoms with Crippen LogP contribution >= 0.6 is 0 Å². The molecule has 0 radical (unpaired) electrons. The fourth-order valence-electron chi connectivity index (χ4n) is 2.84. The van der Waals surface area contributed by atoms with Crippen LogP contribution in [0.15, 0.2) is 0 Å². The summed E-state index contributed by atoms with van der Waals surface area (Å²) in [6, 6.07) is 0. The lowest BCUT2D eigenvalue weighted by atomic mass is 9.66. The molecule has 1 nitrogen and oxygen atoms in total. The van der Waals surface area contributed by atoms with Gasteiger partial charge in [0.25, 0.3) is 0 Å². The monoisotopic (exact) mass is 268 g/mol. The van der Waals surface area contributed by atoms with Gasteiger partial charge in [0.05, 0.1) is 12.2 Å². The fourth-order valence-corrected chi connectivity index (χ4v) is 2.84. The Balaban J connectivity index is 2.18. The van der Waals surface area contributed by atoms with Gasteiger partial charge in [0.1, 0.15) is 0 Å². The van der Waals surface area contributed by atoms with Gasteiger partial charge in [-0.3, -0.25) is 0 Å². The predicted octanol–water partition coefficient (Wildman–Crippen LogP) is 5.97. The Labute approximate surface area is 121 Å². The van der Waals surface area contributed by atoms with E-state index in [9.17, 15) is 0 Å². The van der Waals surface area contributed by atoms with Crippen LogP contribution in [0.5, 0.6) is 0 Å². The third-order valence-corrected chi connectivity index (χ3v) is 4.36. The van der Waals surface area contributed by atoms with Gasteiger partial charge in [-0.25, -0.2) is 0 Å². The summed E-state index contributed by atoms with van der Waals surface area (Å²) in [5.74, 6) is 0. The zero-order valence-electron chi connectivity index (χ0n) is 14.3. The number of rotatable bonds is 7. The first-order valence-corrected chi connectivity index (χ1v) is 8.26. The molecule has 0 heterocycles. The maximum absolute atomic E-state index is 6.05. The molecule has 0 bridgehead atoms. The molecule has 0 spiro atoms. The van der Waals surface area contributed by atoms with Crippen LogP contribution in [-0.2, 0) is 4.74 Å². The van der Waals surface area contributed by atoms with E-state index in [0.717, 1.165) is 6.61 Å². The highest BCUT2D eigenvalue weighted by Gasteiger charge is 2.37. The lowest BCUT2D eigenvalue weighted by Crippen LogP contribution is -2.37. The van der Waals surface area contributed by atoms with Gasteiger partial charge in [0.15, 0.2) is 0 Å². The van der Waals surface area contributed by atoms with Crippen LogP contribution in [0.3, 0.4) is 0 Å². The Morgan fingerprint density at radius 2 is 1.53 bits per heavy atom. The largest absolute Gasteiger partial charge is 0.375 e. The minimum absolute atomic E-state index is 0.0226. The van der Waals surface area contributed by atoms with Crippen molar-refractivity contribution in [2.24, 2.45) is 10.8 Å². The van der Waals surface area contributed by atoms with E-state index in [2.05, 4.69) is 41.5 Å².